The second-order valence-electron chi connectivity index (χ2n) is 9.05. The van der Waals surface area contributed by atoms with Gasteiger partial charge in [-0.3, -0.25) is 14.5 Å². The van der Waals surface area contributed by atoms with Gasteiger partial charge in [0.2, 0.25) is 12.7 Å². The third kappa shape index (κ3) is 4.62. The molecule has 2 aliphatic rings. The largest absolute Gasteiger partial charge is 0.454 e. The Bertz CT molecular complexity index is 1280. The van der Waals surface area contributed by atoms with E-state index in [1.165, 1.54) is 0 Å². The van der Waals surface area contributed by atoms with Crippen LogP contribution in [0.2, 0.25) is 0 Å². The highest BCUT2D eigenvalue weighted by molar-refractivity contribution is 6.09. The van der Waals surface area contributed by atoms with Gasteiger partial charge >= 0.3 is 6.03 Å². The molecule has 1 saturated heterocycles. The Kier molecular flexibility index (Phi) is 6.33. The van der Waals surface area contributed by atoms with Gasteiger partial charge in [0, 0.05) is 13.1 Å². The molecule has 0 bridgehead atoms. The van der Waals surface area contributed by atoms with Gasteiger partial charge in [0.25, 0.3) is 5.91 Å². The van der Waals surface area contributed by atoms with Crippen LogP contribution in [0.5, 0.6) is 11.5 Å². The van der Waals surface area contributed by atoms with E-state index in [0.29, 0.717) is 36.6 Å². The van der Waals surface area contributed by atoms with Crippen LogP contribution < -0.4 is 14.8 Å². The van der Waals surface area contributed by atoms with Crippen LogP contribution in [0.25, 0.3) is 0 Å². The molecule has 8 heteroatoms. The summed E-state index contributed by atoms with van der Waals surface area (Å²) in [6, 6.07) is 24.1. The summed E-state index contributed by atoms with van der Waals surface area (Å²) in [7, 11) is 0. The van der Waals surface area contributed by atoms with Crippen molar-refractivity contribution in [2.75, 3.05) is 19.9 Å². The van der Waals surface area contributed by atoms with E-state index >= 15 is 0 Å². The zero-order valence-corrected chi connectivity index (χ0v) is 20.0. The molecule has 3 aromatic carbocycles. The molecule has 0 radical (unpaired) electrons. The first-order valence-corrected chi connectivity index (χ1v) is 11.8. The van der Waals surface area contributed by atoms with Crippen molar-refractivity contribution in [1.29, 1.82) is 0 Å². The summed E-state index contributed by atoms with van der Waals surface area (Å²) in [6.07, 6.45) is 0.661. The number of amides is 4. The van der Waals surface area contributed by atoms with Crippen LogP contribution in [0, 0.1) is 0 Å². The molecule has 1 N–H and O–H groups in total. The van der Waals surface area contributed by atoms with E-state index in [4.69, 9.17) is 9.47 Å². The van der Waals surface area contributed by atoms with Gasteiger partial charge in [-0.25, -0.2) is 4.79 Å². The van der Waals surface area contributed by atoms with Crippen LogP contribution in [0.1, 0.15) is 23.6 Å². The van der Waals surface area contributed by atoms with E-state index in [1.807, 2.05) is 60.7 Å². The van der Waals surface area contributed by atoms with Gasteiger partial charge in [-0.15, -0.1) is 0 Å². The molecule has 1 unspecified atom stereocenters. The topological polar surface area (TPSA) is 88.2 Å². The van der Waals surface area contributed by atoms with Gasteiger partial charge < -0.3 is 19.7 Å². The molecule has 0 spiro atoms. The summed E-state index contributed by atoms with van der Waals surface area (Å²) in [5.41, 5.74) is 1.33. The average molecular weight is 486 g/mol. The van der Waals surface area contributed by atoms with Gasteiger partial charge in [-0.1, -0.05) is 66.7 Å². The van der Waals surface area contributed by atoms with Crippen molar-refractivity contribution in [3.63, 3.8) is 0 Å². The molecule has 1 fully saturated rings. The Labute approximate surface area is 209 Å². The number of urea groups is 1. The number of imide groups is 1. The van der Waals surface area contributed by atoms with E-state index in [0.717, 1.165) is 16.0 Å². The number of rotatable bonds is 8. The molecule has 4 amide bonds. The lowest BCUT2D eigenvalue weighted by molar-refractivity contribution is -0.139. The Hall–Kier alpha value is -4.33. The summed E-state index contributed by atoms with van der Waals surface area (Å²) in [5, 5.41) is 2.76. The smallest absolute Gasteiger partial charge is 0.325 e. The van der Waals surface area contributed by atoms with E-state index in [1.54, 1.807) is 30.0 Å². The SMILES string of the molecule is CC1(c2ccc3c(c2)OCO3)NC(=O)N(CC(=O)N(CCc2ccccc2)Cc2ccccc2)C1=O. The van der Waals surface area contributed by atoms with E-state index in [-0.39, 0.29) is 19.2 Å². The number of ether oxygens (including phenoxy) is 2. The van der Waals surface area contributed by atoms with Crippen molar-refractivity contribution in [2.45, 2.75) is 25.4 Å². The predicted molar refractivity (Wildman–Crippen MR) is 132 cm³/mol. The minimum Gasteiger partial charge on any atom is -0.454 e. The van der Waals surface area contributed by atoms with Crippen molar-refractivity contribution >= 4 is 17.8 Å². The minimum atomic E-state index is -1.31. The second-order valence-corrected chi connectivity index (χ2v) is 9.05. The Morgan fingerprint density at radius 2 is 1.61 bits per heavy atom. The van der Waals surface area contributed by atoms with Crippen LogP contribution in [0.3, 0.4) is 0 Å². The van der Waals surface area contributed by atoms with Crippen molar-refractivity contribution < 1.29 is 23.9 Å². The highest BCUT2D eigenvalue weighted by atomic mass is 16.7. The maximum Gasteiger partial charge on any atom is 0.325 e. The molecule has 3 aromatic rings. The third-order valence-corrected chi connectivity index (χ3v) is 6.60. The first-order chi connectivity index (χ1) is 17.4. The fraction of sp³-hybridized carbons (Fsp3) is 0.250. The van der Waals surface area contributed by atoms with Crippen molar-refractivity contribution in [1.82, 2.24) is 15.1 Å². The monoisotopic (exact) mass is 485 g/mol. The van der Waals surface area contributed by atoms with Crippen LogP contribution in [-0.2, 0) is 28.1 Å². The lowest BCUT2D eigenvalue weighted by atomic mass is 9.91. The Morgan fingerprint density at radius 1 is 0.944 bits per heavy atom. The molecule has 0 saturated carbocycles. The summed E-state index contributed by atoms with van der Waals surface area (Å²) in [4.78, 5) is 42.4. The number of hydrogen-bond acceptors (Lipinski definition) is 5. The molecule has 2 aliphatic heterocycles. The van der Waals surface area contributed by atoms with Crippen LogP contribution in [0.4, 0.5) is 4.79 Å². The maximum absolute atomic E-state index is 13.4. The molecule has 8 nitrogen and oxygen atoms in total. The number of nitrogens with zero attached hydrogens (tertiary/aromatic N) is 2. The molecular weight excluding hydrogens is 458 g/mol. The van der Waals surface area contributed by atoms with Gasteiger partial charge in [0.15, 0.2) is 11.5 Å². The van der Waals surface area contributed by atoms with Crippen molar-refractivity contribution in [3.8, 4) is 11.5 Å². The number of fused-ring (bicyclic) bond motifs is 1. The number of benzene rings is 3. The first-order valence-electron chi connectivity index (χ1n) is 11.8. The molecule has 184 valence electrons. The van der Waals surface area contributed by atoms with Crippen LogP contribution >= 0.6 is 0 Å². The maximum atomic E-state index is 13.4. The zero-order chi connectivity index (χ0) is 25.1. The second kappa shape index (κ2) is 9.73. The number of hydrogen-bond donors (Lipinski definition) is 1. The highest BCUT2D eigenvalue weighted by Crippen LogP contribution is 2.37. The zero-order valence-electron chi connectivity index (χ0n) is 20.0. The molecule has 0 aromatic heterocycles. The van der Waals surface area contributed by atoms with Gasteiger partial charge in [-0.2, -0.15) is 0 Å². The normalized spacial score (nSPS) is 18.3. The Balaban J connectivity index is 1.33. The van der Waals surface area contributed by atoms with Crippen LogP contribution in [-0.4, -0.2) is 47.5 Å². The van der Waals surface area contributed by atoms with Gasteiger partial charge in [0.05, 0.1) is 0 Å². The quantitative estimate of drug-likeness (QED) is 0.494. The van der Waals surface area contributed by atoms with E-state index in [9.17, 15) is 14.4 Å². The average Bonchev–Trinajstić information content (AvgIpc) is 3.46. The fourth-order valence-corrected chi connectivity index (χ4v) is 4.48. The molecule has 2 heterocycles. The first kappa shape index (κ1) is 23.4. The molecule has 0 aliphatic carbocycles. The summed E-state index contributed by atoms with van der Waals surface area (Å²) in [5.74, 6) is 0.317. The van der Waals surface area contributed by atoms with E-state index in [2.05, 4.69) is 5.32 Å². The Morgan fingerprint density at radius 3 is 2.33 bits per heavy atom. The molecular formula is C28H27N3O5. The number of nitrogens with one attached hydrogen (secondary N) is 1. The predicted octanol–water partition coefficient (Wildman–Crippen LogP) is 3.45. The summed E-state index contributed by atoms with van der Waals surface area (Å²) >= 11 is 0. The fourth-order valence-electron chi connectivity index (χ4n) is 4.48. The van der Waals surface area contributed by atoms with Gasteiger partial charge in [0.1, 0.15) is 12.1 Å². The lowest BCUT2D eigenvalue weighted by Crippen LogP contribution is -2.44. The third-order valence-electron chi connectivity index (χ3n) is 6.60. The van der Waals surface area contributed by atoms with Crippen LogP contribution in [0.15, 0.2) is 78.9 Å². The summed E-state index contributed by atoms with van der Waals surface area (Å²) < 4.78 is 10.8. The van der Waals surface area contributed by atoms with Gasteiger partial charge in [-0.05, 0) is 42.2 Å². The highest BCUT2D eigenvalue weighted by Gasteiger charge is 2.50. The van der Waals surface area contributed by atoms with Crippen molar-refractivity contribution in [3.05, 3.63) is 95.6 Å². The summed E-state index contributed by atoms with van der Waals surface area (Å²) in [6.45, 7) is 2.24. The lowest BCUT2D eigenvalue weighted by Gasteiger charge is -2.26. The molecule has 5 rings (SSSR count). The number of carbonyl (C=O) groups excluding carboxylic acids is 3. The number of carbonyl (C=O) groups is 3. The standard InChI is InChI=1S/C28H27N3O5/c1-28(22-12-13-23-24(16-22)36-19-35-23)26(33)31(27(34)29-28)18-25(32)30(17-21-10-6-3-7-11-21)15-14-20-8-4-2-5-9-20/h2-13,16H,14-15,17-19H2,1H3,(H,29,34). The van der Waals surface area contributed by atoms with E-state index < -0.39 is 17.5 Å². The molecule has 1 atom stereocenters. The minimum absolute atomic E-state index is 0.108. The van der Waals surface area contributed by atoms with Crippen molar-refractivity contribution in [2.24, 2.45) is 0 Å². The molecule has 36 heavy (non-hydrogen) atoms.